The Morgan fingerprint density at radius 2 is 2.22 bits per heavy atom. The van der Waals surface area contributed by atoms with Crippen LogP contribution in [0.2, 0.25) is 0 Å². The number of aliphatic carboxylic acids is 1. The van der Waals surface area contributed by atoms with Crippen molar-refractivity contribution >= 4 is 16.9 Å². The molecule has 1 aromatic heterocycles. The largest absolute Gasteiger partial charge is 0.481 e. The van der Waals surface area contributed by atoms with Crippen LogP contribution < -0.4 is 5.73 Å². The van der Waals surface area contributed by atoms with E-state index in [1.807, 2.05) is 31.3 Å². The molecule has 4 heteroatoms. The molecule has 0 aliphatic heterocycles. The molecule has 1 heterocycles. The highest BCUT2D eigenvalue weighted by Gasteiger charge is 2.09. The fourth-order valence-corrected chi connectivity index (χ4v) is 2.02. The lowest BCUT2D eigenvalue weighted by molar-refractivity contribution is -0.137. The molecular formula is C14H16N2O2. The summed E-state index contributed by atoms with van der Waals surface area (Å²) >= 11 is 0. The lowest BCUT2D eigenvalue weighted by atomic mass is 10.0. The van der Waals surface area contributed by atoms with E-state index in [1.165, 1.54) is 0 Å². The van der Waals surface area contributed by atoms with Crippen LogP contribution in [0.5, 0.6) is 0 Å². The van der Waals surface area contributed by atoms with Crippen molar-refractivity contribution in [3.05, 3.63) is 41.6 Å². The van der Waals surface area contributed by atoms with Crippen LogP contribution in [0.4, 0.5) is 0 Å². The summed E-state index contributed by atoms with van der Waals surface area (Å²) in [5.41, 5.74) is 8.88. The van der Waals surface area contributed by atoms with E-state index in [4.69, 9.17) is 10.8 Å². The van der Waals surface area contributed by atoms with Gasteiger partial charge in [-0.15, -0.1) is 0 Å². The molecule has 1 atom stereocenters. The predicted molar refractivity (Wildman–Crippen MR) is 70.4 cm³/mol. The lowest BCUT2D eigenvalue weighted by Crippen LogP contribution is -2.26. The van der Waals surface area contributed by atoms with Gasteiger partial charge in [-0.1, -0.05) is 6.07 Å². The average molecular weight is 244 g/mol. The molecule has 94 valence electrons. The minimum Gasteiger partial charge on any atom is -0.481 e. The summed E-state index contributed by atoms with van der Waals surface area (Å²) in [4.78, 5) is 14.9. The maximum atomic E-state index is 10.6. The third-order valence-electron chi connectivity index (χ3n) is 2.82. The second-order valence-corrected chi connectivity index (χ2v) is 4.60. The summed E-state index contributed by atoms with van der Waals surface area (Å²) in [5.74, 6) is -0.860. The van der Waals surface area contributed by atoms with Gasteiger partial charge in [0.25, 0.3) is 0 Å². The molecule has 2 aromatic rings. The molecule has 0 bridgehead atoms. The van der Waals surface area contributed by atoms with E-state index in [0.29, 0.717) is 6.42 Å². The first-order chi connectivity index (χ1) is 8.54. The van der Waals surface area contributed by atoms with Gasteiger partial charge in [-0.3, -0.25) is 9.78 Å². The van der Waals surface area contributed by atoms with E-state index in [-0.39, 0.29) is 12.5 Å². The number of hydrogen-bond donors (Lipinski definition) is 2. The van der Waals surface area contributed by atoms with Crippen molar-refractivity contribution in [3.8, 4) is 0 Å². The van der Waals surface area contributed by atoms with Gasteiger partial charge in [0, 0.05) is 17.6 Å². The molecular weight excluding hydrogens is 228 g/mol. The highest BCUT2D eigenvalue weighted by molar-refractivity contribution is 5.79. The first kappa shape index (κ1) is 12.5. The number of aromatic nitrogens is 1. The van der Waals surface area contributed by atoms with Crippen LogP contribution in [-0.4, -0.2) is 22.1 Å². The zero-order valence-corrected chi connectivity index (χ0v) is 10.3. The van der Waals surface area contributed by atoms with Crippen LogP contribution >= 0.6 is 0 Å². The zero-order chi connectivity index (χ0) is 13.1. The molecule has 1 aromatic carbocycles. The van der Waals surface area contributed by atoms with Gasteiger partial charge in [0.05, 0.1) is 11.9 Å². The molecule has 0 saturated heterocycles. The monoisotopic (exact) mass is 244 g/mol. The van der Waals surface area contributed by atoms with Crippen molar-refractivity contribution in [2.24, 2.45) is 5.73 Å². The van der Waals surface area contributed by atoms with Crippen LogP contribution in [-0.2, 0) is 11.2 Å². The van der Waals surface area contributed by atoms with Gasteiger partial charge < -0.3 is 10.8 Å². The second kappa shape index (κ2) is 5.14. The second-order valence-electron chi connectivity index (χ2n) is 4.60. The molecule has 4 nitrogen and oxygen atoms in total. The van der Waals surface area contributed by atoms with E-state index >= 15 is 0 Å². The first-order valence-electron chi connectivity index (χ1n) is 5.87. The van der Waals surface area contributed by atoms with Gasteiger partial charge in [-0.05, 0) is 42.7 Å². The number of nitrogens with zero attached hydrogens (tertiary/aromatic N) is 1. The molecule has 0 saturated carbocycles. The highest BCUT2D eigenvalue weighted by Crippen LogP contribution is 2.16. The van der Waals surface area contributed by atoms with Crippen LogP contribution in [0.15, 0.2) is 30.5 Å². The maximum absolute atomic E-state index is 10.6. The molecule has 2 rings (SSSR count). The molecule has 1 unspecified atom stereocenters. The van der Waals surface area contributed by atoms with E-state index in [0.717, 1.165) is 22.0 Å². The molecule has 0 amide bonds. The summed E-state index contributed by atoms with van der Waals surface area (Å²) in [6.45, 7) is 2.00. The fourth-order valence-electron chi connectivity index (χ4n) is 2.02. The van der Waals surface area contributed by atoms with Crippen LogP contribution in [0, 0.1) is 6.92 Å². The number of fused-ring (bicyclic) bond motifs is 1. The number of nitrogens with two attached hydrogens (primary N) is 1. The average Bonchev–Trinajstić information content (AvgIpc) is 2.27. The number of carboxylic acids is 1. The predicted octanol–water partition coefficient (Wildman–Crippen LogP) is 1.89. The molecule has 18 heavy (non-hydrogen) atoms. The van der Waals surface area contributed by atoms with Crippen molar-refractivity contribution in [2.75, 3.05) is 0 Å². The van der Waals surface area contributed by atoms with Crippen molar-refractivity contribution in [2.45, 2.75) is 25.8 Å². The van der Waals surface area contributed by atoms with Gasteiger partial charge in [0.2, 0.25) is 0 Å². The number of aryl methyl sites for hydroxylation is 1. The lowest BCUT2D eigenvalue weighted by Gasteiger charge is -2.09. The van der Waals surface area contributed by atoms with Crippen molar-refractivity contribution < 1.29 is 9.90 Å². The Morgan fingerprint density at radius 1 is 1.44 bits per heavy atom. The van der Waals surface area contributed by atoms with Crippen molar-refractivity contribution in [1.82, 2.24) is 4.98 Å². The number of carbonyl (C=O) groups is 1. The first-order valence-corrected chi connectivity index (χ1v) is 5.87. The van der Waals surface area contributed by atoms with E-state index < -0.39 is 5.97 Å². The summed E-state index contributed by atoms with van der Waals surface area (Å²) in [7, 11) is 0. The minimum absolute atomic E-state index is 0.00982. The highest BCUT2D eigenvalue weighted by atomic mass is 16.4. The Kier molecular flexibility index (Phi) is 3.58. The number of pyridine rings is 1. The van der Waals surface area contributed by atoms with Gasteiger partial charge in [0.15, 0.2) is 0 Å². The molecule has 0 aliphatic rings. The van der Waals surface area contributed by atoms with E-state index in [1.54, 1.807) is 0 Å². The number of carboxylic acid groups (broad SMARTS) is 1. The normalized spacial score (nSPS) is 12.6. The standard InChI is InChI=1S/C14H16N2O2/c1-9-4-11-5-10(2-3-13(11)16-8-9)6-12(15)7-14(17)18/h2-5,8,12H,6-7,15H2,1H3,(H,17,18). The molecule has 0 fully saturated rings. The quantitative estimate of drug-likeness (QED) is 0.861. The summed E-state index contributed by atoms with van der Waals surface area (Å²) in [5, 5.41) is 9.74. The third-order valence-corrected chi connectivity index (χ3v) is 2.82. The topological polar surface area (TPSA) is 76.2 Å². The Bertz CT molecular complexity index is 581. The van der Waals surface area contributed by atoms with Crippen molar-refractivity contribution in [3.63, 3.8) is 0 Å². The van der Waals surface area contributed by atoms with Gasteiger partial charge in [0.1, 0.15) is 0 Å². The van der Waals surface area contributed by atoms with E-state index in [2.05, 4.69) is 11.1 Å². The van der Waals surface area contributed by atoms with Gasteiger partial charge >= 0.3 is 5.97 Å². The minimum atomic E-state index is -0.860. The summed E-state index contributed by atoms with van der Waals surface area (Å²) in [6.07, 6.45) is 2.39. The van der Waals surface area contributed by atoms with E-state index in [9.17, 15) is 4.79 Å². The Labute approximate surface area is 105 Å². The van der Waals surface area contributed by atoms with Crippen LogP contribution in [0.25, 0.3) is 10.9 Å². The molecule has 0 aliphatic carbocycles. The molecule has 0 spiro atoms. The van der Waals surface area contributed by atoms with Crippen LogP contribution in [0.1, 0.15) is 17.5 Å². The SMILES string of the molecule is Cc1cnc2ccc(CC(N)CC(=O)O)cc2c1. The number of rotatable bonds is 4. The Balaban J connectivity index is 2.21. The third kappa shape index (κ3) is 3.05. The smallest absolute Gasteiger partial charge is 0.304 e. The molecule has 0 radical (unpaired) electrons. The van der Waals surface area contributed by atoms with Gasteiger partial charge in [-0.25, -0.2) is 0 Å². The van der Waals surface area contributed by atoms with Crippen LogP contribution in [0.3, 0.4) is 0 Å². The Hall–Kier alpha value is -1.94. The van der Waals surface area contributed by atoms with Gasteiger partial charge in [-0.2, -0.15) is 0 Å². The Morgan fingerprint density at radius 3 is 2.94 bits per heavy atom. The fraction of sp³-hybridized carbons (Fsp3) is 0.286. The van der Waals surface area contributed by atoms with Crippen molar-refractivity contribution in [1.29, 1.82) is 0 Å². The maximum Gasteiger partial charge on any atom is 0.304 e. The number of hydrogen-bond acceptors (Lipinski definition) is 3. The summed E-state index contributed by atoms with van der Waals surface area (Å²) < 4.78 is 0. The molecule has 3 N–H and O–H groups in total. The summed E-state index contributed by atoms with van der Waals surface area (Å²) in [6, 6.07) is 7.63. The number of benzene rings is 1. The zero-order valence-electron chi connectivity index (χ0n) is 10.3.